The number of carbonyl (C=O) groups is 1. The van der Waals surface area contributed by atoms with Gasteiger partial charge in [0.2, 0.25) is 0 Å². The summed E-state index contributed by atoms with van der Waals surface area (Å²) in [6, 6.07) is 11.3. The molecule has 0 unspecified atom stereocenters. The molecular formula is C20H21ClF3N3O2S2. The van der Waals surface area contributed by atoms with Crippen LogP contribution >= 0.6 is 35.5 Å². The molecule has 0 aliphatic heterocycles. The van der Waals surface area contributed by atoms with Gasteiger partial charge in [-0.1, -0.05) is 23.5 Å². The van der Waals surface area contributed by atoms with E-state index >= 15 is 0 Å². The number of thioether (sulfide) groups is 1. The normalized spacial score (nSPS) is 11.5. The molecule has 1 heterocycles. The molecule has 0 saturated carbocycles. The quantitative estimate of drug-likeness (QED) is 0.406. The van der Waals surface area contributed by atoms with Crippen LogP contribution < -0.4 is 9.64 Å². The molecule has 0 fully saturated rings. The van der Waals surface area contributed by atoms with Crippen LogP contribution in [0.5, 0.6) is 5.75 Å². The second kappa shape index (κ2) is 10.5. The number of ether oxygens (including phenoxy) is 1. The minimum atomic E-state index is -4.77. The maximum atomic E-state index is 13.4. The van der Waals surface area contributed by atoms with Gasteiger partial charge in [-0.3, -0.25) is 9.69 Å². The van der Waals surface area contributed by atoms with Crippen molar-refractivity contribution in [3.63, 3.8) is 0 Å². The number of hydrogen-bond acceptors (Lipinski definition) is 6. The summed E-state index contributed by atoms with van der Waals surface area (Å²) in [5.41, 5.74) is 1.06. The van der Waals surface area contributed by atoms with E-state index in [0.717, 1.165) is 16.2 Å². The van der Waals surface area contributed by atoms with E-state index in [1.165, 1.54) is 30.0 Å². The van der Waals surface area contributed by atoms with Crippen LogP contribution in [0.1, 0.15) is 10.4 Å². The molecule has 0 spiro atoms. The smallest absolute Gasteiger partial charge is 0.406 e. The fourth-order valence-electron chi connectivity index (χ4n) is 2.76. The molecule has 0 atom stereocenters. The lowest BCUT2D eigenvalue weighted by atomic mass is 10.2. The summed E-state index contributed by atoms with van der Waals surface area (Å²) in [6.07, 6.45) is -2.87. The second-order valence-electron chi connectivity index (χ2n) is 6.63. The van der Waals surface area contributed by atoms with E-state index < -0.39 is 6.36 Å². The Hall–Kier alpha value is -2.01. The maximum Gasteiger partial charge on any atom is 0.573 e. The highest BCUT2D eigenvalue weighted by Crippen LogP contribution is 2.34. The molecule has 1 amide bonds. The number of rotatable bonds is 7. The third-order valence-electron chi connectivity index (χ3n) is 4.17. The number of likely N-dealkylation sites (N-methyl/N-ethyl adjacent to an activating group) is 1. The van der Waals surface area contributed by atoms with Crippen molar-refractivity contribution in [3.05, 3.63) is 48.0 Å². The van der Waals surface area contributed by atoms with Gasteiger partial charge in [0.15, 0.2) is 5.13 Å². The number of anilines is 1. The Bertz CT molecular complexity index is 1040. The minimum absolute atomic E-state index is 0. The Kier molecular flexibility index (Phi) is 8.58. The highest BCUT2D eigenvalue weighted by Gasteiger charge is 2.31. The number of benzene rings is 2. The highest BCUT2D eigenvalue weighted by atomic mass is 35.5. The van der Waals surface area contributed by atoms with E-state index in [-0.39, 0.29) is 24.1 Å². The van der Waals surface area contributed by atoms with Gasteiger partial charge in [0, 0.05) is 24.1 Å². The van der Waals surface area contributed by atoms with Gasteiger partial charge in [-0.05, 0) is 44.6 Å². The molecule has 1 aromatic heterocycles. The van der Waals surface area contributed by atoms with Crippen LogP contribution in [-0.4, -0.2) is 55.6 Å². The van der Waals surface area contributed by atoms with E-state index in [2.05, 4.69) is 9.72 Å². The van der Waals surface area contributed by atoms with Gasteiger partial charge in [-0.2, -0.15) is 0 Å². The number of hydrogen-bond donors (Lipinski definition) is 0. The van der Waals surface area contributed by atoms with Crippen molar-refractivity contribution in [2.75, 3.05) is 38.3 Å². The summed E-state index contributed by atoms with van der Waals surface area (Å²) in [6.45, 7) is 0.992. The van der Waals surface area contributed by atoms with Crippen molar-refractivity contribution in [1.29, 1.82) is 0 Å². The predicted octanol–water partition coefficient (Wildman–Crippen LogP) is 5.55. The molecule has 0 bridgehead atoms. The van der Waals surface area contributed by atoms with Crippen LogP contribution in [-0.2, 0) is 0 Å². The lowest BCUT2D eigenvalue weighted by Gasteiger charge is -2.22. The van der Waals surface area contributed by atoms with Gasteiger partial charge >= 0.3 is 6.36 Å². The molecule has 168 valence electrons. The van der Waals surface area contributed by atoms with Crippen molar-refractivity contribution in [3.8, 4) is 5.75 Å². The molecule has 2 aromatic carbocycles. The summed E-state index contributed by atoms with van der Waals surface area (Å²) >= 11 is 2.63. The third-order valence-corrected chi connectivity index (χ3v) is 6.00. The zero-order chi connectivity index (χ0) is 21.9. The summed E-state index contributed by atoms with van der Waals surface area (Å²) < 4.78 is 42.1. The van der Waals surface area contributed by atoms with Gasteiger partial charge in [-0.15, -0.1) is 37.3 Å². The number of fused-ring (bicyclic) bond motifs is 1. The predicted molar refractivity (Wildman–Crippen MR) is 122 cm³/mol. The number of carbonyl (C=O) groups excluding carboxylic acids is 1. The summed E-state index contributed by atoms with van der Waals surface area (Å²) in [7, 11) is 3.80. The van der Waals surface area contributed by atoms with Gasteiger partial charge in [0.05, 0.1) is 15.8 Å². The number of nitrogens with zero attached hydrogens (tertiary/aromatic N) is 3. The average molecular weight is 492 g/mol. The largest absolute Gasteiger partial charge is 0.573 e. The Morgan fingerprint density at radius 2 is 1.87 bits per heavy atom. The van der Waals surface area contributed by atoms with Crippen LogP contribution in [0.4, 0.5) is 18.3 Å². The molecule has 0 aliphatic carbocycles. The lowest BCUT2D eigenvalue weighted by molar-refractivity contribution is -0.274. The fourth-order valence-corrected chi connectivity index (χ4v) is 4.36. The molecule has 5 nitrogen and oxygen atoms in total. The zero-order valence-electron chi connectivity index (χ0n) is 17.0. The number of halogens is 4. The molecule has 3 aromatic rings. The first-order chi connectivity index (χ1) is 14.2. The Morgan fingerprint density at radius 3 is 2.52 bits per heavy atom. The zero-order valence-corrected chi connectivity index (χ0v) is 19.4. The third kappa shape index (κ3) is 6.49. The van der Waals surface area contributed by atoms with Crippen LogP contribution in [0, 0.1) is 0 Å². The van der Waals surface area contributed by atoms with Crippen LogP contribution in [0.3, 0.4) is 0 Å². The van der Waals surface area contributed by atoms with E-state index in [4.69, 9.17) is 0 Å². The maximum absolute atomic E-state index is 13.4. The van der Waals surface area contributed by atoms with E-state index in [0.29, 0.717) is 34.0 Å². The molecule has 0 aliphatic rings. The fraction of sp³-hybridized carbons (Fsp3) is 0.300. The van der Waals surface area contributed by atoms with Crippen LogP contribution in [0.25, 0.3) is 10.2 Å². The molecular weight excluding hydrogens is 471 g/mol. The van der Waals surface area contributed by atoms with Crippen LogP contribution in [0.15, 0.2) is 47.4 Å². The Balaban J connectivity index is 0.00000341. The molecule has 11 heteroatoms. The molecule has 0 radical (unpaired) electrons. The molecule has 3 rings (SSSR count). The first-order valence-corrected chi connectivity index (χ1v) is 11.0. The molecule has 31 heavy (non-hydrogen) atoms. The van der Waals surface area contributed by atoms with Crippen molar-refractivity contribution >= 4 is 56.8 Å². The lowest BCUT2D eigenvalue weighted by Crippen LogP contribution is -2.37. The Labute approximate surface area is 192 Å². The molecule has 0 saturated heterocycles. The number of aromatic nitrogens is 1. The number of amides is 1. The minimum Gasteiger partial charge on any atom is -0.406 e. The van der Waals surface area contributed by atoms with Gasteiger partial charge < -0.3 is 9.64 Å². The van der Waals surface area contributed by atoms with Crippen molar-refractivity contribution in [1.82, 2.24) is 9.88 Å². The van der Waals surface area contributed by atoms with Crippen molar-refractivity contribution in [2.24, 2.45) is 0 Å². The first kappa shape index (κ1) is 25.3. The monoisotopic (exact) mass is 491 g/mol. The highest BCUT2D eigenvalue weighted by molar-refractivity contribution is 7.98. The first-order valence-electron chi connectivity index (χ1n) is 8.94. The Morgan fingerprint density at radius 1 is 1.16 bits per heavy atom. The molecule has 0 N–H and O–H groups in total. The van der Waals surface area contributed by atoms with Gasteiger partial charge in [0.25, 0.3) is 5.91 Å². The van der Waals surface area contributed by atoms with Gasteiger partial charge in [-0.25, -0.2) is 4.98 Å². The van der Waals surface area contributed by atoms with E-state index in [9.17, 15) is 18.0 Å². The van der Waals surface area contributed by atoms with Gasteiger partial charge in [0.1, 0.15) is 5.75 Å². The van der Waals surface area contributed by atoms with E-state index in [1.807, 2.05) is 37.4 Å². The number of thiazole rings is 1. The van der Waals surface area contributed by atoms with Crippen molar-refractivity contribution < 1.29 is 22.7 Å². The van der Waals surface area contributed by atoms with Crippen molar-refractivity contribution in [2.45, 2.75) is 11.3 Å². The summed E-state index contributed by atoms with van der Waals surface area (Å²) in [5.74, 6) is -0.517. The topological polar surface area (TPSA) is 45.7 Å². The average Bonchev–Trinajstić information content (AvgIpc) is 3.09. The van der Waals surface area contributed by atoms with E-state index in [1.54, 1.807) is 17.0 Å². The summed E-state index contributed by atoms with van der Waals surface area (Å²) in [5, 5.41) is 0.428. The standard InChI is InChI=1S/C20H20F3N3O2S2.ClH/c1-25(2)10-11-26(18(27)14-6-4-5-7-16(14)29-3)19-24-15-9-8-13(12-17(15)30-19)28-20(21,22)23;/h4-9,12H,10-11H2,1-3H3;1H. The number of alkyl halides is 3. The SMILES string of the molecule is CSc1ccccc1C(=O)N(CCN(C)C)c1nc2ccc(OC(F)(F)F)cc2s1.Cl. The summed E-state index contributed by atoms with van der Waals surface area (Å²) in [4.78, 5) is 22.2. The second-order valence-corrected chi connectivity index (χ2v) is 8.49. The van der Waals surface area contributed by atoms with Crippen LogP contribution in [0.2, 0.25) is 0 Å².